The third-order valence-corrected chi connectivity index (χ3v) is 6.73. The normalized spacial score (nSPS) is 11.8. The predicted molar refractivity (Wildman–Crippen MR) is 71.1 cm³/mol. The molecule has 0 atom stereocenters. The van der Waals surface area contributed by atoms with Gasteiger partial charge in [0.2, 0.25) is 0 Å². The smallest absolute Gasteiger partial charge is 0.518 e. The van der Waals surface area contributed by atoms with Crippen LogP contribution < -0.4 is 34.6 Å². The first-order chi connectivity index (χ1) is 8.46. The summed E-state index contributed by atoms with van der Waals surface area (Å²) in [4.78, 5) is 0. The minimum Gasteiger partial charge on any atom is -1.00 e. The number of halogens is 4. The second kappa shape index (κ2) is 6.23. The second-order valence-corrected chi connectivity index (χ2v) is 7.70. The van der Waals surface area contributed by atoms with Crippen molar-refractivity contribution in [2.24, 2.45) is 0 Å². The third-order valence-electron chi connectivity index (χ3n) is 3.05. The average molecular weight is 396 g/mol. The molecule has 0 N–H and O–H groups in total. The molecule has 0 amide bonds. The molecule has 19 heavy (non-hydrogen) atoms. The largest absolute Gasteiger partial charge is 1.00 e. The molecule has 0 fully saturated rings. The molecule has 0 bridgehead atoms. The molecule has 0 aliphatic rings. The molecule has 0 radical (unpaired) electrons. The van der Waals surface area contributed by atoms with Gasteiger partial charge in [-0.15, -0.1) is 13.2 Å². The molecule has 0 unspecified atom stereocenters. The van der Waals surface area contributed by atoms with Crippen LogP contribution in [-0.2, 0) is 0 Å². The van der Waals surface area contributed by atoms with E-state index in [1.54, 1.807) is 60.7 Å². The van der Waals surface area contributed by atoms with Gasteiger partial charge >= 0.3 is 5.92 Å². The molecule has 0 aliphatic heterocycles. The van der Waals surface area contributed by atoms with Gasteiger partial charge in [-0.1, -0.05) is 36.4 Å². The number of hydrogen-bond acceptors (Lipinski definition) is 0. The Balaban J connectivity index is 0.00000180. The van der Waals surface area contributed by atoms with Gasteiger partial charge in [-0.3, -0.25) is 0 Å². The van der Waals surface area contributed by atoms with Crippen molar-refractivity contribution in [3.05, 3.63) is 60.7 Å². The molecule has 2 aromatic carbocycles. The molecule has 2 aromatic rings. The van der Waals surface area contributed by atoms with E-state index < -0.39 is 13.2 Å². The van der Waals surface area contributed by atoms with E-state index in [4.69, 9.17) is 0 Å². The van der Waals surface area contributed by atoms with Crippen molar-refractivity contribution in [2.45, 2.75) is 5.92 Å². The summed E-state index contributed by atoms with van der Waals surface area (Å²) >= 11 is 0. The number of rotatable bonds is 2. The molecular formula is C14H13F3IP. The Morgan fingerprint density at radius 3 is 1.32 bits per heavy atom. The van der Waals surface area contributed by atoms with Crippen molar-refractivity contribution in [3.8, 4) is 0 Å². The van der Waals surface area contributed by atoms with E-state index in [-0.39, 0.29) is 24.0 Å². The first kappa shape index (κ1) is 16.4. The zero-order chi connectivity index (χ0) is 13.2. The van der Waals surface area contributed by atoms with E-state index in [0.29, 0.717) is 10.6 Å². The van der Waals surface area contributed by atoms with Crippen molar-refractivity contribution in [3.63, 3.8) is 0 Å². The highest BCUT2D eigenvalue weighted by molar-refractivity contribution is 7.89. The van der Waals surface area contributed by atoms with Gasteiger partial charge in [-0.25, -0.2) is 0 Å². The van der Waals surface area contributed by atoms with Crippen LogP contribution in [0.4, 0.5) is 13.2 Å². The van der Waals surface area contributed by atoms with Crippen LogP contribution in [0.1, 0.15) is 0 Å². The van der Waals surface area contributed by atoms with Gasteiger partial charge < -0.3 is 24.0 Å². The summed E-state index contributed by atoms with van der Waals surface area (Å²) < 4.78 is 40.6. The predicted octanol–water partition coefficient (Wildman–Crippen LogP) is 0.809. The fourth-order valence-electron chi connectivity index (χ4n) is 1.89. The van der Waals surface area contributed by atoms with E-state index in [1.807, 2.05) is 0 Å². The van der Waals surface area contributed by atoms with Crippen LogP contribution in [0, 0.1) is 0 Å². The summed E-state index contributed by atoms with van der Waals surface area (Å²) in [6, 6.07) is 16.3. The van der Waals surface area contributed by atoms with Gasteiger partial charge in [0.25, 0.3) is 0 Å². The molecule has 0 saturated heterocycles. The minimum atomic E-state index is -4.23. The molecule has 0 aromatic heterocycles. The molecule has 0 spiro atoms. The highest BCUT2D eigenvalue weighted by Gasteiger charge is 2.62. The first-order valence-corrected chi connectivity index (χ1v) is 7.74. The van der Waals surface area contributed by atoms with Crippen LogP contribution in [-0.4, -0.2) is 12.6 Å². The topological polar surface area (TPSA) is 0 Å². The molecule has 0 aliphatic carbocycles. The first-order valence-electron chi connectivity index (χ1n) is 5.51. The van der Waals surface area contributed by atoms with Crippen LogP contribution in [0.15, 0.2) is 60.7 Å². The summed E-state index contributed by atoms with van der Waals surface area (Å²) in [5, 5.41) is 0.729. The Hall–Kier alpha value is -0.610. The third kappa shape index (κ3) is 3.11. The van der Waals surface area contributed by atoms with Crippen molar-refractivity contribution < 1.29 is 37.1 Å². The lowest BCUT2D eigenvalue weighted by atomic mass is 10.4. The van der Waals surface area contributed by atoms with Crippen LogP contribution >= 0.6 is 7.26 Å². The molecule has 5 heteroatoms. The Morgan fingerprint density at radius 1 is 0.737 bits per heavy atom. The SMILES string of the molecule is C[P+](c1ccccc1)(c1ccccc1)C(F)(F)F.[I-]. The van der Waals surface area contributed by atoms with Crippen LogP contribution in [0.2, 0.25) is 0 Å². The molecule has 102 valence electrons. The highest BCUT2D eigenvalue weighted by Crippen LogP contribution is 2.66. The standard InChI is InChI=1S/C14H13F3P.HI/c1-18(14(15,16)17,12-8-4-2-5-9-12)13-10-6-3-7-11-13;/h2-11H,1H3;1H/q+1;/p-1. The van der Waals surface area contributed by atoms with E-state index in [9.17, 15) is 13.2 Å². The Kier molecular flexibility index (Phi) is 5.39. The molecule has 0 nitrogen and oxygen atoms in total. The summed E-state index contributed by atoms with van der Waals surface area (Å²) in [7, 11) is -3.36. The van der Waals surface area contributed by atoms with Gasteiger partial charge in [-0.2, -0.15) is 0 Å². The van der Waals surface area contributed by atoms with Crippen molar-refractivity contribution in [1.82, 2.24) is 0 Å². The highest BCUT2D eigenvalue weighted by atomic mass is 127. The molecular weight excluding hydrogens is 383 g/mol. The van der Waals surface area contributed by atoms with Crippen LogP contribution in [0.5, 0.6) is 0 Å². The van der Waals surface area contributed by atoms with Gasteiger partial charge in [0.15, 0.2) is 7.26 Å². The average Bonchev–Trinajstić information content (AvgIpc) is 2.38. The maximum atomic E-state index is 13.5. The number of alkyl halides is 3. The Morgan fingerprint density at radius 2 is 1.05 bits per heavy atom. The molecule has 0 saturated carbocycles. The lowest BCUT2D eigenvalue weighted by molar-refractivity contribution is -0.0407. The van der Waals surface area contributed by atoms with E-state index in [0.717, 1.165) is 0 Å². The Bertz CT molecular complexity index is 472. The van der Waals surface area contributed by atoms with Crippen LogP contribution in [0.25, 0.3) is 0 Å². The quantitative estimate of drug-likeness (QED) is 0.521. The summed E-state index contributed by atoms with van der Waals surface area (Å²) in [6.45, 7) is 1.33. The minimum absolute atomic E-state index is 0. The number of benzene rings is 2. The molecule has 0 heterocycles. The Labute approximate surface area is 128 Å². The van der Waals surface area contributed by atoms with Crippen LogP contribution in [0.3, 0.4) is 0 Å². The second-order valence-electron chi connectivity index (χ2n) is 4.15. The monoisotopic (exact) mass is 396 g/mol. The van der Waals surface area contributed by atoms with Crippen molar-refractivity contribution >= 4 is 17.9 Å². The van der Waals surface area contributed by atoms with Crippen molar-refractivity contribution in [2.75, 3.05) is 6.66 Å². The summed E-state index contributed by atoms with van der Waals surface area (Å²) in [5.74, 6) is -4.23. The molecule has 2 rings (SSSR count). The van der Waals surface area contributed by atoms with E-state index >= 15 is 0 Å². The van der Waals surface area contributed by atoms with Gasteiger partial charge in [0, 0.05) is 0 Å². The lowest BCUT2D eigenvalue weighted by Crippen LogP contribution is -3.00. The van der Waals surface area contributed by atoms with Gasteiger partial charge in [0.05, 0.1) is 6.66 Å². The van der Waals surface area contributed by atoms with Crippen molar-refractivity contribution in [1.29, 1.82) is 0 Å². The zero-order valence-electron chi connectivity index (χ0n) is 10.2. The number of hydrogen-bond donors (Lipinski definition) is 0. The fourth-order valence-corrected chi connectivity index (χ4v) is 4.31. The van der Waals surface area contributed by atoms with E-state index in [1.165, 1.54) is 6.66 Å². The summed E-state index contributed by atoms with van der Waals surface area (Å²) in [6.07, 6.45) is 0. The zero-order valence-corrected chi connectivity index (χ0v) is 13.3. The maximum Gasteiger partial charge on any atom is 0.518 e. The van der Waals surface area contributed by atoms with Gasteiger partial charge in [0.1, 0.15) is 10.6 Å². The van der Waals surface area contributed by atoms with E-state index in [2.05, 4.69) is 0 Å². The van der Waals surface area contributed by atoms with Gasteiger partial charge in [-0.05, 0) is 24.3 Å². The lowest BCUT2D eigenvalue weighted by Gasteiger charge is -2.24. The summed E-state index contributed by atoms with van der Waals surface area (Å²) in [5.41, 5.74) is 0. The maximum absolute atomic E-state index is 13.5. The fraction of sp³-hybridized carbons (Fsp3) is 0.143.